The fourth-order valence-corrected chi connectivity index (χ4v) is 4.33. The Labute approximate surface area is 194 Å². The van der Waals surface area contributed by atoms with E-state index in [9.17, 15) is 22.0 Å². The average Bonchev–Trinajstić information content (AvgIpc) is 2.79. The van der Waals surface area contributed by atoms with Crippen LogP contribution in [0.4, 0.5) is 22.0 Å². The minimum absolute atomic E-state index is 0.143. The summed E-state index contributed by atoms with van der Waals surface area (Å²) in [6.07, 6.45) is 0.217. The molecule has 0 aromatic heterocycles. The molecule has 0 spiro atoms. The zero-order valence-corrected chi connectivity index (χ0v) is 18.6. The van der Waals surface area contributed by atoms with Crippen molar-refractivity contribution in [3.63, 3.8) is 0 Å². The normalized spacial score (nSPS) is 18.9. The van der Waals surface area contributed by atoms with Gasteiger partial charge in [-0.05, 0) is 77.8 Å². The highest BCUT2D eigenvalue weighted by molar-refractivity contribution is 6.31. The van der Waals surface area contributed by atoms with Gasteiger partial charge in [-0.15, -0.1) is 0 Å². The molecule has 3 aromatic carbocycles. The fourth-order valence-electron chi connectivity index (χ4n) is 4.22. The Morgan fingerprint density at radius 3 is 1.97 bits per heavy atom. The summed E-state index contributed by atoms with van der Waals surface area (Å²) < 4.78 is 76.1. The van der Waals surface area contributed by atoms with Crippen molar-refractivity contribution < 1.29 is 26.7 Å². The van der Waals surface area contributed by atoms with Crippen molar-refractivity contribution in [1.82, 2.24) is 0 Å². The van der Waals surface area contributed by atoms with E-state index in [1.807, 2.05) is 0 Å². The Balaban J connectivity index is 1.50. The molecule has 1 fully saturated rings. The molecule has 1 nitrogen and oxygen atoms in total. The lowest BCUT2D eigenvalue weighted by molar-refractivity contribution is -0.186. The van der Waals surface area contributed by atoms with Crippen LogP contribution in [-0.2, 0) is 6.11 Å². The van der Waals surface area contributed by atoms with Gasteiger partial charge in [-0.3, -0.25) is 0 Å². The molecular formula is C26H22ClF5O. The van der Waals surface area contributed by atoms with Gasteiger partial charge in [0.25, 0.3) is 0 Å². The molecule has 0 bridgehead atoms. The van der Waals surface area contributed by atoms with Crippen LogP contribution in [-0.4, -0.2) is 0 Å². The van der Waals surface area contributed by atoms with Crippen LogP contribution >= 0.6 is 11.6 Å². The quantitative estimate of drug-likeness (QED) is 0.262. The summed E-state index contributed by atoms with van der Waals surface area (Å²) in [7, 11) is 0. The number of ether oxygens (including phenoxy) is 1. The summed E-state index contributed by atoms with van der Waals surface area (Å²) in [6.45, 7) is 2.19. The zero-order valence-electron chi connectivity index (χ0n) is 17.9. The van der Waals surface area contributed by atoms with Gasteiger partial charge in [0.05, 0.1) is 5.56 Å². The Morgan fingerprint density at radius 1 is 0.788 bits per heavy atom. The molecular weight excluding hydrogens is 459 g/mol. The highest BCUT2D eigenvalue weighted by atomic mass is 35.5. The SMILES string of the molecule is CC1CCC(c2ccc(OC(F)(F)c3ccc(-c4cc(F)c(Cl)c(F)c4)cc3)c(F)c2)CC1. The number of rotatable bonds is 5. The summed E-state index contributed by atoms with van der Waals surface area (Å²) in [4.78, 5) is 0. The second-order valence-corrected chi connectivity index (χ2v) is 8.97. The van der Waals surface area contributed by atoms with Crippen LogP contribution < -0.4 is 4.74 Å². The van der Waals surface area contributed by atoms with E-state index in [-0.39, 0.29) is 11.5 Å². The van der Waals surface area contributed by atoms with Crippen LogP contribution in [0.2, 0.25) is 5.02 Å². The molecule has 0 unspecified atom stereocenters. The summed E-state index contributed by atoms with van der Waals surface area (Å²) in [6, 6.07) is 10.9. The van der Waals surface area contributed by atoms with Gasteiger partial charge in [-0.2, -0.15) is 8.78 Å². The van der Waals surface area contributed by atoms with E-state index in [0.29, 0.717) is 11.5 Å². The van der Waals surface area contributed by atoms with Crippen LogP contribution in [0.3, 0.4) is 0 Å². The molecule has 0 N–H and O–H groups in total. The Bertz CT molecular complexity index is 1110. The fraction of sp³-hybridized carbons (Fsp3) is 0.308. The van der Waals surface area contributed by atoms with E-state index in [1.165, 1.54) is 24.3 Å². The van der Waals surface area contributed by atoms with Gasteiger partial charge >= 0.3 is 6.11 Å². The van der Waals surface area contributed by atoms with Crippen LogP contribution in [0.25, 0.3) is 11.1 Å². The number of benzene rings is 3. The third kappa shape index (κ3) is 5.16. The number of alkyl halides is 2. The Morgan fingerprint density at radius 2 is 1.39 bits per heavy atom. The third-order valence-corrected chi connectivity index (χ3v) is 6.58. The minimum Gasteiger partial charge on any atom is -0.426 e. The molecule has 0 heterocycles. The van der Waals surface area contributed by atoms with Gasteiger partial charge in [0.2, 0.25) is 0 Å². The van der Waals surface area contributed by atoms with Crippen molar-refractivity contribution in [1.29, 1.82) is 0 Å². The molecule has 0 radical (unpaired) electrons. The second-order valence-electron chi connectivity index (χ2n) is 8.60. The predicted molar refractivity (Wildman–Crippen MR) is 118 cm³/mol. The zero-order chi connectivity index (χ0) is 23.8. The molecule has 174 valence electrons. The van der Waals surface area contributed by atoms with Crippen molar-refractivity contribution in [3.05, 3.63) is 88.2 Å². The van der Waals surface area contributed by atoms with Crippen molar-refractivity contribution in [3.8, 4) is 16.9 Å². The first-order valence-electron chi connectivity index (χ1n) is 10.8. The van der Waals surface area contributed by atoms with Gasteiger partial charge in [0, 0.05) is 0 Å². The topological polar surface area (TPSA) is 9.23 Å². The maximum atomic E-state index is 14.7. The lowest BCUT2D eigenvalue weighted by atomic mass is 9.79. The first-order valence-corrected chi connectivity index (χ1v) is 11.1. The molecule has 0 aliphatic heterocycles. The van der Waals surface area contributed by atoms with E-state index in [2.05, 4.69) is 6.92 Å². The molecule has 0 amide bonds. The molecule has 1 aliphatic carbocycles. The summed E-state index contributed by atoms with van der Waals surface area (Å²) in [5.74, 6) is -2.41. The number of hydrogen-bond acceptors (Lipinski definition) is 1. The van der Waals surface area contributed by atoms with Crippen molar-refractivity contribution in [2.45, 2.75) is 44.6 Å². The maximum Gasteiger partial charge on any atom is 0.426 e. The molecule has 4 rings (SSSR count). The number of hydrogen-bond donors (Lipinski definition) is 0. The summed E-state index contributed by atoms with van der Waals surface area (Å²) in [5.41, 5.74) is 0.720. The lowest BCUT2D eigenvalue weighted by Crippen LogP contribution is -2.22. The average molecular weight is 481 g/mol. The van der Waals surface area contributed by atoms with E-state index < -0.39 is 39.9 Å². The van der Waals surface area contributed by atoms with Gasteiger partial charge in [-0.1, -0.05) is 49.6 Å². The van der Waals surface area contributed by atoms with Gasteiger partial charge in [0.15, 0.2) is 11.6 Å². The van der Waals surface area contributed by atoms with E-state index >= 15 is 0 Å². The Kier molecular flexibility index (Phi) is 6.66. The largest absolute Gasteiger partial charge is 0.426 e. The molecule has 3 aromatic rings. The summed E-state index contributed by atoms with van der Waals surface area (Å²) in [5, 5.41) is -0.638. The predicted octanol–water partition coefficient (Wildman–Crippen LogP) is 8.85. The molecule has 1 aliphatic rings. The van der Waals surface area contributed by atoms with Crippen LogP contribution in [0, 0.1) is 23.4 Å². The summed E-state index contributed by atoms with van der Waals surface area (Å²) >= 11 is 5.48. The van der Waals surface area contributed by atoms with Gasteiger partial charge in [-0.25, -0.2) is 13.2 Å². The number of halogens is 6. The highest BCUT2D eigenvalue weighted by Gasteiger charge is 2.35. The highest BCUT2D eigenvalue weighted by Crippen LogP contribution is 2.39. The lowest BCUT2D eigenvalue weighted by Gasteiger charge is -2.27. The monoisotopic (exact) mass is 480 g/mol. The molecule has 1 saturated carbocycles. The van der Waals surface area contributed by atoms with E-state index in [1.54, 1.807) is 6.07 Å². The van der Waals surface area contributed by atoms with Gasteiger partial charge in [0.1, 0.15) is 16.7 Å². The molecule has 0 atom stereocenters. The maximum absolute atomic E-state index is 14.7. The second kappa shape index (κ2) is 9.34. The standard InChI is InChI=1S/C26H22ClF5O/c1-15-2-4-16(5-3-15)18-8-11-24(21(28)12-18)33-26(31,32)20-9-6-17(7-10-20)19-13-22(29)25(27)23(30)14-19/h6-16H,2-5H2,1H3. The Hall–Kier alpha value is -2.60. The molecule has 33 heavy (non-hydrogen) atoms. The first kappa shape index (κ1) is 23.6. The third-order valence-electron chi connectivity index (χ3n) is 6.22. The minimum atomic E-state index is -3.81. The van der Waals surface area contributed by atoms with Crippen molar-refractivity contribution >= 4 is 11.6 Å². The van der Waals surface area contributed by atoms with Gasteiger partial charge < -0.3 is 4.74 Å². The van der Waals surface area contributed by atoms with Crippen molar-refractivity contribution in [2.75, 3.05) is 0 Å². The smallest absolute Gasteiger partial charge is 0.426 e. The van der Waals surface area contributed by atoms with Crippen LogP contribution in [0.5, 0.6) is 5.75 Å². The van der Waals surface area contributed by atoms with Crippen LogP contribution in [0.15, 0.2) is 54.6 Å². The van der Waals surface area contributed by atoms with Crippen molar-refractivity contribution in [2.24, 2.45) is 5.92 Å². The van der Waals surface area contributed by atoms with Crippen LogP contribution in [0.1, 0.15) is 49.7 Å². The molecule has 0 saturated heterocycles. The first-order chi connectivity index (χ1) is 15.6. The molecule has 7 heteroatoms. The van der Waals surface area contributed by atoms with E-state index in [0.717, 1.165) is 55.5 Å². The van der Waals surface area contributed by atoms with E-state index in [4.69, 9.17) is 16.3 Å².